The summed E-state index contributed by atoms with van der Waals surface area (Å²) in [7, 11) is -4.04. The minimum absolute atomic E-state index is 0.0221. The number of hydrogen-bond donors (Lipinski definition) is 2. The minimum Gasteiger partial charge on any atom is -0.383 e. The van der Waals surface area contributed by atoms with Crippen LogP contribution in [-0.2, 0) is 21.4 Å². The van der Waals surface area contributed by atoms with Crippen molar-refractivity contribution in [2.45, 2.75) is 37.2 Å². The Balaban J connectivity index is 1.41. The molecule has 0 bridgehead atoms. The normalized spacial score (nSPS) is 15.9. The Bertz CT molecular complexity index is 1670. The Kier molecular flexibility index (Phi) is 7.15. The lowest BCUT2D eigenvalue weighted by molar-refractivity contribution is -0.127. The van der Waals surface area contributed by atoms with Crippen molar-refractivity contribution in [1.82, 2.24) is 29.4 Å². The molecule has 1 fully saturated rings. The number of carbonyl (C=O) groups excluding carboxylic acids is 1. The number of nitrogens with two attached hydrogens (primary N) is 1. The monoisotopic (exact) mass is 549 g/mol. The summed E-state index contributed by atoms with van der Waals surface area (Å²) in [6, 6.07) is 11.0. The maximum atomic E-state index is 14.1. The molecule has 2 aromatic carbocycles. The number of nitrogen functional groups attached to an aromatic ring is 1. The molecule has 0 aliphatic carbocycles. The first kappa shape index (κ1) is 26.4. The van der Waals surface area contributed by atoms with E-state index >= 15 is 0 Å². The second-order valence-electron chi connectivity index (χ2n) is 9.49. The molecular formula is C27H28FN7O3S. The van der Waals surface area contributed by atoms with Crippen LogP contribution in [0.25, 0.3) is 22.3 Å². The van der Waals surface area contributed by atoms with Gasteiger partial charge >= 0.3 is 0 Å². The van der Waals surface area contributed by atoms with E-state index < -0.39 is 15.8 Å². The quantitative estimate of drug-likeness (QED) is 0.338. The zero-order valence-electron chi connectivity index (χ0n) is 21.3. The van der Waals surface area contributed by atoms with Crippen molar-refractivity contribution in [2.75, 3.05) is 18.8 Å². The van der Waals surface area contributed by atoms with Crippen molar-refractivity contribution < 1.29 is 17.6 Å². The van der Waals surface area contributed by atoms with Gasteiger partial charge in [0, 0.05) is 25.2 Å². The number of carbonyl (C=O) groups is 1. The van der Waals surface area contributed by atoms with Crippen LogP contribution in [-0.4, -0.2) is 52.1 Å². The molecule has 4 aromatic rings. The molecule has 1 aliphatic rings. The van der Waals surface area contributed by atoms with E-state index in [4.69, 9.17) is 10.8 Å². The van der Waals surface area contributed by atoms with Crippen molar-refractivity contribution in [3.63, 3.8) is 0 Å². The van der Waals surface area contributed by atoms with Crippen molar-refractivity contribution in [1.29, 1.82) is 0 Å². The maximum Gasteiger partial charge on any atom is 0.246 e. The van der Waals surface area contributed by atoms with Gasteiger partial charge in [-0.05, 0) is 49.1 Å². The first-order valence-electron chi connectivity index (χ1n) is 12.4. The van der Waals surface area contributed by atoms with Crippen LogP contribution >= 0.6 is 0 Å². The molecule has 5 rings (SSSR count). The van der Waals surface area contributed by atoms with Gasteiger partial charge in [0.2, 0.25) is 15.9 Å². The number of aryl methyl sites for hydroxylation is 1. The first-order chi connectivity index (χ1) is 18.7. The molecule has 202 valence electrons. The van der Waals surface area contributed by atoms with Gasteiger partial charge in [0.25, 0.3) is 0 Å². The Hall–Kier alpha value is -4.16. The van der Waals surface area contributed by atoms with Gasteiger partial charge < -0.3 is 10.6 Å². The Morgan fingerprint density at radius 2 is 2.00 bits per heavy atom. The van der Waals surface area contributed by atoms with E-state index in [0.717, 1.165) is 24.5 Å². The van der Waals surface area contributed by atoms with Crippen molar-refractivity contribution in [3.8, 4) is 11.3 Å². The van der Waals surface area contributed by atoms with E-state index in [0.29, 0.717) is 40.9 Å². The molecule has 0 saturated carbocycles. The van der Waals surface area contributed by atoms with Crippen LogP contribution < -0.4 is 10.5 Å². The summed E-state index contributed by atoms with van der Waals surface area (Å²) in [6.45, 7) is 6.40. The zero-order valence-corrected chi connectivity index (χ0v) is 22.2. The average Bonchev–Trinajstić information content (AvgIpc) is 3.34. The Morgan fingerprint density at radius 3 is 2.74 bits per heavy atom. The molecule has 0 radical (unpaired) electrons. The van der Waals surface area contributed by atoms with Gasteiger partial charge in [-0.3, -0.25) is 4.79 Å². The fourth-order valence-electron chi connectivity index (χ4n) is 4.79. The lowest BCUT2D eigenvalue weighted by atomic mass is 10.1. The topological polar surface area (TPSA) is 136 Å². The van der Waals surface area contributed by atoms with Gasteiger partial charge in [-0.2, -0.15) is 5.10 Å². The third kappa shape index (κ3) is 5.25. The summed E-state index contributed by atoms with van der Waals surface area (Å²) >= 11 is 0. The fourth-order valence-corrected chi connectivity index (χ4v) is 5.97. The third-order valence-electron chi connectivity index (χ3n) is 6.82. The van der Waals surface area contributed by atoms with E-state index in [2.05, 4.69) is 21.3 Å². The van der Waals surface area contributed by atoms with Crippen LogP contribution in [0.1, 0.15) is 30.0 Å². The van der Waals surface area contributed by atoms with Gasteiger partial charge in [0.1, 0.15) is 28.6 Å². The highest BCUT2D eigenvalue weighted by atomic mass is 32.2. The van der Waals surface area contributed by atoms with Gasteiger partial charge in [0.15, 0.2) is 5.65 Å². The summed E-state index contributed by atoms with van der Waals surface area (Å²) < 4.78 is 43.7. The second kappa shape index (κ2) is 10.5. The van der Waals surface area contributed by atoms with Crippen LogP contribution in [0.3, 0.4) is 0 Å². The summed E-state index contributed by atoms with van der Waals surface area (Å²) in [5, 5.41) is 5.46. The molecule has 39 heavy (non-hydrogen) atoms. The predicted octanol–water partition coefficient (Wildman–Crippen LogP) is 3.35. The smallest absolute Gasteiger partial charge is 0.246 e. The van der Waals surface area contributed by atoms with Crippen molar-refractivity contribution in [3.05, 3.63) is 78.4 Å². The van der Waals surface area contributed by atoms with Crippen LogP contribution in [0.5, 0.6) is 0 Å². The molecule has 12 heteroatoms. The van der Waals surface area contributed by atoms with Gasteiger partial charge in [0.05, 0.1) is 11.4 Å². The minimum atomic E-state index is -4.04. The standard InChI is InChI=1S/C27H28FN7O3S/c1-3-23(36)34-12-4-5-20(15-34)35-27-24(26(29)30-16-31-27)25(33-35)19-9-7-18(8-10-19)14-32-39(37,38)22-13-17(2)6-11-21(22)28/h3,6-11,13,16,20,32H,1,4-5,12,14-15H2,2H3,(H2,29,30,31). The maximum absolute atomic E-state index is 14.1. The molecule has 1 aliphatic heterocycles. The Morgan fingerprint density at radius 1 is 1.23 bits per heavy atom. The second-order valence-corrected chi connectivity index (χ2v) is 11.2. The number of benzene rings is 2. The number of aromatic nitrogens is 4. The highest BCUT2D eigenvalue weighted by Crippen LogP contribution is 2.34. The summed E-state index contributed by atoms with van der Waals surface area (Å²) in [6.07, 6.45) is 4.34. The highest BCUT2D eigenvalue weighted by molar-refractivity contribution is 7.89. The van der Waals surface area contributed by atoms with Gasteiger partial charge in [-0.25, -0.2) is 32.2 Å². The number of sulfonamides is 1. The Labute approximate surface area is 225 Å². The lowest BCUT2D eigenvalue weighted by Crippen LogP contribution is -2.40. The number of anilines is 1. The molecule has 1 unspecified atom stereocenters. The van der Waals surface area contributed by atoms with Crippen LogP contribution in [0.4, 0.5) is 10.2 Å². The highest BCUT2D eigenvalue weighted by Gasteiger charge is 2.28. The number of piperidine rings is 1. The predicted molar refractivity (Wildman–Crippen MR) is 145 cm³/mol. The van der Waals surface area contributed by atoms with Gasteiger partial charge in [-0.15, -0.1) is 0 Å². The first-order valence-corrected chi connectivity index (χ1v) is 13.9. The third-order valence-corrected chi connectivity index (χ3v) is 8.23. The van der Waals surface area contributed by atoms with E-state index in [-0.39, 0.29) is 29.2 Å². The number of nitrogens with zero attached hydrogens (tertiary/aromatic N) is 5. The number of hydrogen-bond acceptors (Lipinski definition) is 7. The number of fused-ring (bicyclic) bond motifs is 1. The molecule has 2 aromatic heterocycles. The zero-order chi connectivity index (χ0) is 27.7. The molecular weight excluding hydrogens is 521 g/mol. The number of halogens is 1. The van der Waals surface area contributed by atoms with E-state index in [1.54, 1.807) is 24.0 Å². The van der Waals surface area contributed by atoms with E-state index in [9.17, 15) is 17.6 Å². The molecule has 1 atom stereocenters. The molecule has 1 amide bonds. The number of rotatable bonds is 7. The fraction of sp³-hybridized carbons (Fsp3) is 0.259. The molecule has 3 N–H and O–H groups in total. The van der Waals surface area contributed by atoms with Gasteiger partial charge in [-0.1, -0.05) is 36.9 Å². The number of amides is 1. The number of nitrogens with one attached hydrogen (secondary N) is 1. The summed E-state index contributed by atoms with van der Waals surface area (Å²) in [5.41, 5.74) is 9.47. The van der Waals surface area contributed by atoms with Crippen LogP contribution in [0, 0.1) is 12.7 Å². The average molecular weight is 550 g/mol. The van der Waals surface area contributed by atoms with Crippen molar-refractivity contribution >= 4 is 32.8 Å². The van der Waals surface area contributed by atoms with Crippen LogP contribution in [0.15, 0.2) is 66.3 Å². The number of likely N-dealkylation sites (tertiary alicyclic amines) is 1. The SMILES string of the molecule is C=CC(=O)N1CCCC(n2nc(-c3ccc(CNS(=O)(=O)c4cc(C)ccc4F)cc3)c3c(N)ncnc32)C1. The summed E-state index contributed by atoms with van der Waals surface area (Å²) in [5.74, 6) is -0.643. The van der Waals surface area contributed by atoms with Crippen molar-refractivity contribution in [2.24, 2.45) is 0 Å². The lowest BCUT2D eigenvalue weighted by Gasteiger charge is -2.32. The van der Waals surface area contributed by atoms with Crippen LogP contribution in [0.2, 0.25) is 0 Å². The van der Waals surface area contributed by atoms with E-state index in [1.165, 1.54) is 24.5 Å². The largest absolute Gasteiger partial charge is 0.383 e. The molecule has 10 nitrogen and oxygen atoms in total. The molecule has 1 saturated heterocycles. The molecule has 0 spiro atoms. The van der Waals surface area contributed by atoms with E-state index in [1.807, 2.05) is 16.8 Å². The molecule has 3 heterocycles. The summed E-state index contributed by atoms with van der Waals surface area (Å²) in [4.78, 5) is 22.2.